The maximum absolute atomic E-state index is 13.2. The SMILES string of the molecule is CN(C(=O)CCS(C)(=O)=O)c1cn(-c2cncc(F)c2)nc1C=O. The van der Waals surface area contributed by atoms with Gasteiger partial charge in [0.25, 0.3) is 0 Å². The third kappa shape index (κ3) is 4.22. The van der Waals surface area contributed by atoms with E-state index in [1.165, 1.54) is 30.2 Å². The molecule has 0 radical (unpaired) electrons. The second-order valence-electron chi connectivity index (χ2n) is 5.16. The summed E-state index contributed by atoms with van der Waals surface area (Å²) < 4.78 is 36.8. The molecule has 0 saturated carbocycles. The highest BCUT2D eigenvalue weighted by atomic mass is 32.2. The second kappa shape index (κ2) is 6.87. The highest BCUT2D eigenvalue weighted by Gasteiger charge is 2.20. The summed E-state index contributed by atoms with van der Waals surface area (Å²) in [6.07, 6.45) is 5.01. The Morgan fingerprint density at radius 2 is 2.12 bits per heavy atom. The van der Waals surface area contributed by atoms with Gasteiger partial charge in [0.2, 0.25) is 5.91 Å². The third-order valence-electron chi connectivity index (χ3n) is 3.21. The van der Waals surface area contributed by atoms with Crippen LogP contribution in [0, 0.1) is 5.82 Å². The van der Waals surface area contributed by atoms with E-state index in [1.807, 2.05) is 0 Å². The zero-order chi connectivity index (χ0) is 17.9. The summed E-state index contributed by atoms with van der Waals surface area (Å²) in [5.41, 5.74) is 0.434. The van der Waals surface area contributed by atoms with E-state index in [9.17, 15) is 22.4 Å². The summed E-state index contributed by atoms with van der Waals surface area (Å²) in [5, 5.41) is 3.98. The van der Waals surface area contributed by atoms with E-state index in [4.69, 9.17) is 0 Å². The molecule has 128 valence electrons. The van der Waals surface area contributed by atoms with Crippen molar-refractivity contribution >= 4 is 27.7 Å². The summed E-state index contributed by atoms with van der Waals surface area (Å²) in [6.45, 7) is 0. The van der Waals surface area contributed by atoms with Gasteiger partial charge in [0, 0.05) is 25.8 Å². The number of nitrogens with zero attached hydrogens (tertiary/aromatic N) is 4. The summed E-state index contributed by atoms with van der Waals surface area (Å²) in [5.74, 6) is -1.36. The van der Waals surface area contributed by atoms with Gasteiger partial charge in [-0.25, -0.2) is 17.5 Å². The van der Waals surface area contributed by atoms with E-state index in [1.54, 1.807) is 0 Å². The van der Waals surface area contributed by atoms with Crippen LogP contribution in [0.2, 0.25) is 0 Å². The molecular weight excluding hydrogens is 339 g/mol. The Morgan fingerprint density at radius 3 is 2.71 bits per heavy atom. The number of rotatable bonds is 6. The molecule has 2 rings (SSSR count). The molecule has 2 aromatic rings. The number of pyridine rings is 1. The zero-order valence-corrected chi connectivity index (χ0v) is 13.8. The lowest BCUT2D eigenvalue weighted by molar-refractivity contribution is -0.117. The van der Waals surface area contributed by atoms with Crippen LogP contribution in [0.15, 0.2) is 24.7 Å². The van der Waals surface area contributed by atoms with Crippen molar-refractivity contribution in [3.8, 4) is 5.69 Å². The quantitative estimate of drug-likeness (QED) is 0.705. The number of sulfone groups is 1. The van der Waals surface area contributed by atoms with Gasteiger partial charge in [-0.3, -0.25) is 14.6 Å². The number of amides is 1. The number of carbonyl (C=O) groups is 2. The van der Waals surface area contributed by atoms with Crippen molar-refractivity contribution in [2.45, 2.75) is 6.42 Å². The summed E-state index contributed by atoms with van der Waals surface area (Å²) in [6, 6.07) is 1.17. The smallest absolute Gasteiger partial charge is 0.227 e. The monoisotopic (exact) mass is 354 g/mol. The van der Waals surface area contributed by atoms with Crippen molar-refractivity contribution < 1.29 is 22.4 Å². The molecule has 10 heteroatoms. The molecule has 0 unspecified atom stereocenters. The van der Waals surface area contributed by atoms with Gasteiger partial charge in [0.15, 0.2) is 6.29 Å². The molecule has 0 aliphatic rings. The summed E-state index contributed by atoms with van der Waals surface area (Å²) in [4.78, 5) is 28.1. The molecule has 0 aliphatic heterocycles. The van der Waals surface area contributed by atoms with Crippen molar-refractivity contribution in [1.29, 1.82) is 0 Å². The highest BCUT2D eigenvalue weighted by Crippen LogP contribution is 2.20. The van der Waals surface area contributed by atoms with Crippen LogP contribution in [-0.4, -0.2) is 54.4 Å². The average Bonchev–Trinajstić information content (AvgIpc) is 2.95. The first-order valence-corrected chi connectivity index (χ1v) is 8.87. The maximum atomic E-state index is 13.2. The van der Waals surface area contributed by atoms with Gasteiger partial charge in [0.05, 0.1) is 35.7 Å². The van der Waals surface area contributed by atoms with E-state index in [0.29, 0.717) is 6.29 Å². The first-order chi connectivity index (χ1) is 11.2. The minimum Gasteiger partial charge on any atom is -0.312 e. The fraction of sp³-hybridized carbons (Fsp3) is 0.286. The van der Waals surface area contributed by atoms with Gasteiger partial charge in [-0.2, -0.15) is 5.10 Å². The average molecular weight is 354 g/mol. The molecule has 1 amide bonds. The third-order valence-corrected chi connectivity index (χ3v) is 4.16. The lowest BCUT2D eigenvalue weighted by Crippen LogP contribution is -2.28. The van der Waals surface area contributed by atoms with Gasteiger partial charge >= 0.3 is 0 Å². The van der Waals surface area contributed by atoms with Gasteiger partial charge < -0.3 is 4.90 Å². The van der Waals surface area contributed by atoms with Gasteiger partial charge in [-0.15, -0.1) is 0 Å². The Kier molecular flexibility index (Phi) is 5.07. The first-order valence-electron chi connectivity index (χ1n) is 6.81. The molecule has 0 atom stereocenters. The molecular formula is C14H15FN4O4S. The fourth-order valence-electron chi connectivity index (χ4n) is 1.95. The molecule has 2 heterocycles. The molecule has 0 saturated heterocycles. The van der Waals surface area contributed by atoms with Crippen LogP contribution in [0.4, 0.5) is 10.1 Å². The Labute approximate surface area is 137 Å². The second-order valence-corrected chi connectivity index (χ2v) is 7.42. The Bertz CT molecular complexity index is 879. The van der Waals surface area contributed by atoms with Crippen LogP contribution >= 0.6 is 0 Å². The van der Waals surface area contributed by atoms with E-state index in [0.717, 1.165) is 17.4 Å². The number of anilines is 1. The minimum absolute atomic E-state index is 0.0329. The van der Waals surface area contributed by atoms with E-state index < -0.39 is 21.6 Å². The molecule has 0 fully saturated rings. The number of hydrogen-bond donors (Lipinski definition) is 0. The minimum atomic E-state index is -3.28. The molecule has 0 aliphatic carbocycles. The first kappa shape index (κ1) is 17.7. The maximum Gasteiger partial charge on any atom is 0.227 e. The standard InChI is InChI=1S/C14H15FN4O4S/c1-18(14(21)3-4-24(2,22)23)13-8-19(17-12(13)9-20)11-5-10(15)6-16-7-11/h5-9H,3-4H2,1-2H3. The highest BCUT2D eigenvalue weighted by molar-refractivity contribution is 7.90. The number of aromatic nitrogens is 3. The van der Waals surface area contributed by atoms with E-state index >= 15 is 0 Å². The predicted molar refractivity (Wildman–Crippen MR) is 84.4 cm³/mol. The van der Waals surface area contributed by atoms with Crippen molar-refractivity contribution in [2.75, 3.05) is 24.0 Å². The zero-order valence-electron chi connectivity index (χ0n) is 13.0. The molecule has 0 bridgehead atoms. The molecule has 2 aromatic heterocycles. The predicted octanol–water partition coefficient (Wildman–Crippen LogP) is 0.616. The van der Waals surface area contributed by atoms with Crippen LogP contribution in [-0.2, 0) is 14.6 Å². The summed E-state index contributed by atoms with van der Waals surface area (Å²) in [7, 11) is -1.88. The topological polar surface area (TPSA) is 102 Å². The van der Waals surface area contributed by atoms with Gasteiger partial charge in [0.1, 0.15) is 21.3 Å². The van der Waals surface area contributed by atoms with Crippen LogP contribution in [0.25, 0.3) is 5.69 Å². The Hall–Kier alpha value is -2.62. The fourth-order valence-corrected chi connectivity index (χ4v) is 2.50. The lowest BCUT2D eigenvalue weighted by atomic mass is 10.3. The normalized spacial score (nSPS) is 11.3. The van der Waals surface area contributed by atoms with Crippen LogP contribution < -0.4 is 4.90 Å². The molecule has 0 spiro atoms. The van der Waals surface area contributed by atoms with Crippen LogP contribution in [0.5, 0.6) is 0 Å². The summed E-state index contributed by atoms with van der Waals surface area (Å²) >= 11 is 0. The van der Waals surface area contributed by atoms with Crippen molar-refractivity contribution in [3.63, 3.8) is 0 Å². The van der Waals surface area contributed by atoms with Crippen molar-refractivity contribution in [2.24, 2.45) is 0 Å². The number of hydrogen-bond acceptors (Lipinski definition) is 6. The molecule has 8 nitrogen and oxygen atoms in total. The Balaban J connectivity index is 2.29. The van der Waals surface area contributed by atoms with Crippen molar-refractivity contribution in [1.82, 2.24) is 14.8 Å². The van der Waals surface area contributed by atoms with E-state index in [-0.39, 0.29) is 29.2 Å². The van der Waals surface area contributed by atoms with Gasteiger partial charge in [-0.05, 0) is 0 Å². The number of aldehydes is 1. The largest absolute Gasteiger partial charge is 0.312 e. The van der Waals surface area contributed by atoms with Gasteiger partial charge in [-0.1, -0.05) is 0 Å². The van der Waals surface area contributed by atoms with Crippen LogP contribution in [0.3, 0.4) is 0 Å². The van der Waals surface area contributed by atoms with Crippen LogP contribution in [0.1, 0.15) is 16.9 Å². The molecule has 0 N–H and O–H groups in total. The number of halogens is 1. The lowest BCUT2D eigenvalue weighted by Gasteiger charge is -2.15. The Morgan fingerprint density at radius 1 is 1.42 bits per heavy atom. The molecule has 24 heavy (non-hydrogen) atoms. The molecule has 0 aromatic carbocycles. The van der Waals surface area contributed by atoms with E-state index in [2.05, 4.69) is 10.1 Å². The number of carbonyl (C=O) groups excluding carboxylic acids is 2. The van der Waals surface area contributed by atoms with Crippen molar-refractivity contribution in [3.05, 3.63) is 36.2 Å².